The first kappa shape index (κ1) is 11.8. The molecule has 84 valence electrons. The van der Waals surface area contributed by atoms with E-state index < -0.39 is 18.2 Å². The van der Waals surface area contributed by atoms with E-state index in [2.05, 4.69) is 0 Å². The summed E-state index contributed by atoms with van der Waals surface area (Å²) in [5.74, 6) is 0. The van der Waals surface area contributed by atoms with Crippen LogP contribution in [0.25, 0.3) is 0 Å². The molecular formula is C10H17F3O. The molecule has 0 amide bonds. The molecule has 0 bridgehead atoms. The minimum atomic E-state index is -4.16. The highest BCUT2D eigenvalue weighted by atomic mass is 19.4. The summed E-state index contributed by atoms with van der Waals surface area (Å²) >= 11 is 0. The zero-order valence-corrected chi connectivity index (χ0v) is 8.62. The van der Waals surface area contributed by atoms with Crippen LogP contribution in [-0.4, -0.2) is 16.9 Å². The Bertz CT molecular complexity index is 210. The Hall–Kier alpha value is -0.250. The van der Waals surface area contributed by atoms with Gasteiger partial charge in [0.1, 0.15) is 0 Å². The first-order chi connectivity index (χ1) is 6.16. The molecule has 1 fully saturated rings. The van der Waals surface area contributed by atoms with Crippen LogP contribution in [-0.2, 0) is 0 Å². The van der Waals surface area contributed by atoms with Crippen LogP contribution in [0.1, 0.15) is 46.0 Å². The van der Waals surface area contributed by atoms with Crippen LogP contribution in [0.4, 0.5) is 13.2 Å². The van der Waals surface area contributed by atoms with Gasteiger partial charge in [0.25, 0.3) is 0 Å². The van der Waals surface area contributed by atoms with Crippen molar-refractivity contribution in [1.82, 2.24) is 0 Å². The third-order valence-electron chi connectivity index (χ3n) is 3.47. The average Bonchev–Trinajstić information content (AvgIpc) is 2.23. The van der Waals surface area contributed by atoms with E-state index in [9.17, 15) is 18.3 Å². The number of aliphatic hydroxyl groups is 1. The van der Waals surface area contributed by atoms with Gasteiger partial charge in [-0.15, -0.1) is 0 Å². The molecule has 0 radical (unpaired) electrons. The Balaban J connectivity index is 2.58. The third kappa shape index (κ3) is 2.41. The van der Waals surface area contributed by atoms with Gasteiger partial charge in [-0.3, -0.25) is 0 Å². The van der Waals surface area contributed by atoms with E-state index in [0.29, 0.717) is 6.42 Å². The lowest BCUT2D eigenvalue weighted by molar-refractivity contribution is -0.155. The van der Waals surface area contributed by atoms with E-state index in [4.69, 9.17) is 0 Å². The molecule has 1 N–H and O–H groups in total. The summed E-state index contributed by atoms with van der Waals surface area (Å²) in [6, 6.07) is 0. The van der Waals surface area contributed by atoms with Gasteiger partial charge in [-0.25, -0.2) is 0 Å². The number of hydrogen-bond acceptors (Lipinski definition) is 1. The molecule has 0 aromatic heterocycles. The molecule has 0 aliphatic heterocycles. The summed E-state index contributed by atoms with van der Waals surface area (Å²) in [4.78, 5) is 0. The van der Waals surface area contributed by atoms with E-state index >= 15 is 0 Å². The fourth-order valence-electron chi connectivity index (χ4n) is 2.21. The lowest BCUT2D eigenvalue weighted by Crippen LogP contribution is -2.40. The fourth-order valence-corrected chi connectivity index (χ4v) is 2.21. The van der Waals surface area contributed by atoms with Crippen molar-refractivity contribution >= 4 is 0 Å². The maximum Gasteiger partial charge on any atom is 0.389 e. The number of alkyl halides is 3. The van der Waals surface area contributed by atoms with Gasteiger partial charge in [-0.2, -0.15) is 13.2 Å². The van der Waals surface area contributed by atoms with Crippen molar-refractivity contribution < 1.29 is 18.3 Å². The summed E-state index contributed by atoms with van der Waals surface area (Å²) in [5.41, 5.74) is -1.50. The first-order valence-corrected chi connectivity index (χ1v) is 4.95. The topological polar surface area (TPSA) is 20.2 Å². The second kappa shape index (κ2) is 3.40. The van der Waals surface area contributed by atoms with Gasteiger partial charge in [0.2, 0.25) is 0 Å². The van der Waals surface area contributed by atoms with E-state index in [0.717, 1.165) is 12.8 Å². The zero-order valence-electron chi connectivity index (χ0n) is 8.62. The summed E-state index contributed by atoms with van der Waals surface area (Å²) in [6.45, 7) is 3.69. The van der Waals surface area contributed by atoms with Crippen LogP contribution in [0.15, 0.2) is 0 Å². The standard InChI is InChI=1S/C10H17F3O/c1-8(2)4-3-5-9(8,14)6-7-10(11,12)13/h14H,3-7H2,1-2H3. The molecule has 14 heavy (non-hydrogen) atoms. The zero-order chi connectivity index (χ0) is 11.0. The minimum absolute atomic E-state index is 0.163. The molecule has 0 heterocycles. The smallest absolute Gasteiger partial charge is 0.389 e. The van der Waals surface area contributed by atoms with Gasteiger partial charge in [-0.05, 0) is 31.1 Å². The normalized spacial score (nSPS) is 32.1. The van der Waals surface area contributed by atoms with Crippen molar-refractivity contribution in [2.24, 2.45) is 5.41 Å². The molecule has 1 saturated carbocycles. The third-order valence-corrected chi connectivity index (χ3v) is 3.47. The summed E-state index contributed by atoms with van der Waals surface area (Å²) in [5, 5.41) is 10.1. The quantitative estimate of drug-likeness (QED) is 0.741. The van der Waals surface area contributed by atoms with Gasteiger partial charge in [-0.1, -0.05) is 13.8 Å². The van der Waals surface area contributed by atoms with Gasteiger partial charge < -0.3 is 5.11 Å². The van der Waals surface area contributed by atoms with Gasteiger partial charge in [0.05, 0.1) is 5.60 Å². The Morgan fingerprint density at radius 3 is 2.14 bits per heavy atom. The van der Waals surface area contributed by atoms with Crippen LogP contribution < -0.4 is 0 Å². The van der Waals surface area contributed by atoms with Gasteiger partial charge in [0.15, 0.2) is 0 Å². The average molecular weight is 210 g/mol. The highest BCUT2D eigenvalue weighted by Gasteiger charge is 2.48. The van der Waals surface area contributed by atoms with Crippen molar-refractivity contribution in [1.29, 1.82) is 0 Å². The van der Waals surface area contributed by atoms with Crippen molar-refractivity contribution in [2.45, 2.75) is 57.7 Å². The fraction of sp³-hybridized carbons (Fsp3) is 1.00. The highest BCUT2D eigenvalue weighted by molar-refractivity contribution is 4.98. The molecule has 0 saturated heterocycles. The van der Waals surface area contributed by atoms with Crippen LogP contribution in [0.5, 0.6) is 0 Å². The molecule has 1 nitrogen and oxygen atoms in total. The summed E-state index contributed by atoms with van der Waals surface area (Å²) < 4.78 is 36.1. The second-order valence-corrected chi connectivity index (χ2v) is 4.88. The van der Waals surface area contributed by atoms with E-state index in [-0.39, 0.29) is 11.8 Å². The maximum absolute atomic E-state index is 12.0. The molecule has 4 heteroatoms. The minimum Gasteiger partial charge on any atom is -0.389 e. The molecule has 1 aliphatic rings. The first-order valence-electron chi connectivity index (χ1n) is 4.95. The van der Waals surface area contributed by atoms with Crippen molar-refractivity contribution in [3.05, 3.63) is 0 Å². The summed E-state index contributed by atoms with van der Waals surface area (Å²) in [6.07, 6.45) is -3.08. The number of hydrogen-bond donors (Lipinski definition) is 1. The second-order valence-electron chi connectivity index (χ2n) is 4.88. The maximum atomic E-state index is 12.0. The Morgan fingerprint density at radius 1 is 1.21 bits per heavy atom. The van der Waals surface area contributed by atoms with E-state index in [1.54, 1.807) is 0 Å². The summed E-state index contributed by atoms with van der Waals surface area (Å²) in [7, 11) is 0. The molecular weight excluding hydrogens is 193 g/mol. The predicted molar refractivity (Wildman–Crippen MR) is 47.9 cm³/mol. The molecule has 0 aromatic carbocycles. The van der Waals surface area contributed by atoms with Crippen LogP contribution in [0.3, 0.4) is 0 Å². The van der Waals surface area contributed by atoms with Gasteiger partial charge in [0, 0.05) is 6.42 Å². The van der Waals surface area contributed by atoms with Crippen LogP contribution in [0.2, 0.25) is 0 Å². The van der Waals surface area contributed by atoms with E-state index in [1.165, 1.54) is 0 Å². The lowest BCUT2D eigenvalue weighted by atomic mass is 9.75. The Kier molecular flexibility index (Phi) is 2.87. The Morgan fingerprint density at radius 2 is 1.79 bits per heavy atom. The molecule has 0 spiro atoms. The predicted octanol–water partition coefficient (Wildman–Crippen LogP) is 3.27. The SMILES string of the molecule is CC1(C)CCCC1(O)CCC(F)(F)F. The van der Waals surface area contributed by atoms with Gasteiger partial charge >= 0.3 is 6.18 Å². The molecule has 1 rings (SSSR count). The monoisotopic (exact) mass is 210 g/mol. The molecule has 0 aromatic rings. The molecule has 1 atom stereocenters. The van der Waals surface area contributed by atoms with Crippen molar-refractivity contribution in [2.75, 3.05) is 0 Å². The number of rotatable bonds is 2. The van der Waals surface area contributed by atoms with Crippen LogP contribution >= 0.6 is 0 Å². The van der Waals surface area contributed by atoms with E-state index in [1.807, 2.05) is 13.8 Å². The van der Waals surface area contributed by atoms with Crippen molar-refractivity contribution in [3.8, 4) is 0 Å². The number of halogens is 3. The largest absolute Gasteiger partial charge is 0.389 e. The van der Waals surface area contributed by atoms with Crippen molar-refractivity contribution in [3.63, 3.8) is 0 Å². The molecule has 1 unspecified atom stereocenters. The highest BCUT2D eigenvalue weighted by Crippen LogP contribution is 2.49. The molecule has 1 aliphatic carbocycles. The van der Waals surface area contributed by atoms with Crippen LogP contribution in [0, 0.1) is 5.41 Å². The Labute approximate surface area is 82.3 Å². The lowest BCUT2D eigenvalue weighted by Gasteiger charge is -2.37.